The zero-order valence-corrected chi connectivity index (χ0v) is 13.0. The van der Waals surface area contributed by atoms with Gasteiger partial charge < -0.3 is 10.8 Å². The lowest BCUT2D eigenvalue weighted by molar-refractivity contribution is 0.477. The Labute approximate surface area is 124 Å². The summed E-state index contributed by atoms with van der Waals surface area (Å²) >= 11 is 1.88. The number of anilines is 1. The Morgan fingerprint density at radius 2 is 2.20 bits per heavy atom. The van der Waals surface area contributed by atoms with E-state index in [4.69, 9.17) is 5.73 Å². The van der Waals surface area contributed by atoms with Crippen LogP contribution in [-0.2, 0) is 10.0 Å². The highest BCUT2D eigenvalue weighted by Crippen LogP contribution is 2.31. The predicted molar refractivity (Wildman–Crippen MR) is 82.4 cm³/mol. The van der Waals surface area contributed by atoms with Crippen molar-refractivity contribution in [3.63, 3.8) is 0 Å². The minimum Gasteiger partial charge on any atom is -0.506 e. The second-order valence-corrected chi connectivity index (χ2v) is 8.22. The molecule has 1 fully saturated rings. The number of nitrogen functional groups attached to an aromatic ring is 1. The van der Waals surface area contributed by atoms with Crippen LogP contribution in [0.25, 0.3) is 0 Å². The van der Waals surface area contributed by atoms with E-state index in [1.807, 2.05) is 11.8 Å². The quantitative estimate of drug-likeness (QED) is 0.570. The molecule has 20 heavy (non-hydrogen) atoms. The normalized spacial score (nSPS) is 23.1. The summed E-state index contributed by atoms with van der Waals surface area (Å²) in [7, 11) is -3.57. The summed E-state index contributed by atoms with van der Waals surface area (Å²) in [6.45, 7) is 2.11. The van der Waals surface area contributed by atoms with Crippen molar-refractivity contribution in [1.29, 1.82) is 0 Å². The first-order valence-electron chi connectivity index (χ1n) is 6.65. The molecule has 7 heteroatoms. The standard InChI is InChI=1S/C13H20N2O3S2/c1-2-19-10-4-3-9(7-10)15-20(17,18)11-5-6-13(16)12(14)8-11/h5-6,8-10,15-16H,2-4,7,14H2,1H3. The van der Waals surface area contributed by atoms with E-state index in [0.29, 0.717) is 5.25 Å². The predicted octanol–water partition coefficient (Wildman–Crippen LogP) is 1.93. The van der Waals surface area contributed by atoms with Crippen LogP contribution < -0.4 is 10.5 Å². The third-order valence-electron chi connectivity index (χ3n) is 3.42. The number of hydrogen-bond donors (Lipinski definition) is 3. The number of aromatic hydroxyl groups is 1. The van der Waals surface area contributed by atoms with Gasteiger partial charge in [0.15, 0.2) is 0 Å². The van der Waals surface area contributed by atoms with Crippen LogP contribution in [0.1, 0.15) is 26.2 Å². The van der Waals surface area contributed by atoms with E-state index in [9.17, 15) is 13.5 Å². The van der Waals surface area contributed by atoms with E-state index >= 15 is 0 Å². The molecule has 0 radical (unpaired) electrons. The molecule has 0 bridgehead atoms. The zero-order chi connectivity index (χ0) is 14.8. The summed E-state index contributed by atoms with van der Waals surface area (Å²) in [5, 5.41) is 9.88. The van der Waals surface area contributed by atoms with E-state index in [0.717, 1.165) is 25.0 Å². The van der Waals surface area contributed by atoms with E-state index in [1.54, 1.807) is 0 Å². The molecule has 1 aliphatic carbocycles. The lowest BCUT2D eigenvalue weighted by Crippen LogP contribution is -2.33. The number of benzene rings is 1. The topological polar surface area (TPSA) is 92.4 Å². The van der Waals surface area contributed by atoms with E-state index in [2.05, 4.69) is 11.6 Å². The summed E-state index contributed by atoms with van der Waals surface area (Å²) in [5.74, 6) is 0.947. The number of sulfonamides is 1. The minimum atomic E-state index is -3.57. The highest BCUT2D eigenvalue weighted by atomic mass is 32.2. The van der Waals surface area contributed by atoms with E-state index in [1.165, 1.54) is 18.2 Å². The monoisotopic (exact) mass is 316 g/mol. The number of phenolic OH excluding ortho intramolecular Hbond substituents is 1. The molecule has 0 aromatic heterocycles. The van der Waals surface area contributed by atoms with Crippen LogP contribution in [0.15, 0.2) is 23.1 Å². The first-order valence-corrected chi connectivity index (χ1v) is 9.18. The smallest absolute Gasteiger partial charge is 0.240 e. The van der Waals surface area contributed by atoms with Crippen molar-refractivity contribution in [2.75, 3.05) is 11.5 Å². The number of phenols is 1. The van der Waals surface area contributed by atoms with Crippen molar-refractivity contribution in [3.8, 4) is 5.75 Å². The van der Waals surface area contributed by atoms with Gasteiger partial charge in [-0.2, -0.15) is 11.8 Å². The highest BCUT2D eigenvalue weighted by Gasteiger charge is 2.28. The van der Waals surface area contributed by atoms with Crippen LogP contribution in [0, 0.1) is 0 Å². The molecule has 0 aliphatic heterocycles. The molecule has 0 amide bonds. The Hall–Kier alpha value is -0.920. The molecule has 5 nitrogen and oxygen atoms in total. The molecule has 4 N–H and O–H groups in total. The average molecular weight is 316 g/mol. The average Bonchev–Trinajstić information content (AvgIpc) is 2.79. The number of thioether (sulfide) groups is 1. The number of nitrogens with two attached hydrogens (primary N) is 1. The van der Waals surface area contributed by atoms with Crippen molar-refractivity contribution >= 4 is 27.5 Å². The maximum Gasteiger partial charge on any atom is 0.240 e. The summed E-state index contributed by atoms with van der Waals surface area (Å²) in [6.07, 6.45) is 2.78. The Bertz CT molecular complexity index is 575. The molecule has 0 saturated heterocycles. The fourth-order valence-corrected chi connectivity index (χ4v) is 4.88. The highest BCUT2D eigenvalue weighted by molar-refractivity contribution is 7.99. The SMILES string of the molecule is CCSC1CCC(NS(=O)(=O)c2ccc(O)c(N)c2)C1. The van der Waals surface area contributed by atoms with Gasteiger partial charge in [-0.25, -0.2) is 13.1 Å². The van der Waals surface area contributed by atoms with Crippen molar-refractivity contribution in [3.05, 3.63) is 18.2 Å². The Morgan fingerprint density at radius 3 is 2.85 bits per heavy atom. The molecule has 1 aromatic rings. The minimum absolute atomic E-state index is 0.0147. The van der Waals surface area contributed by atoms with E-state index < -0.39 is 10.0 Å². The number of nitrogens with one attached hydrogen (secondary N) is 1. The second-order valence-electron chi connectivity index (χ2n) is 4.93. The molecule has 1 saturated carbocycles. The molecule has 0 spiro atoms. The van der Waals surface area contributed by atoms with Crippen LogP contribution in [0.4, 0.5) is 5.69 Å². The number of rotatable bonds is 5. The Morgan fingerprint density at radius 1 is 1.45 bits per heavy atom. The van der Waals surface area contributed by atoms with E-state index in [-0.39, 0.29) is 22.4 Å². The molecular formula is C13H20N2O3S2. The van der Waals surface area contributed by atoms with Gasteiger partial charge in [-0.3, -0.25) is 0 Å². The number of hydrogen-bond acceptors (Lipinski definition) is 5. The lowest BCUT2D eigenvalue weighted by atomic mass is 10.3. The molecule has 1 aromatic carbocycles. The van der Waals surface area contributed by atoms with Crippen LogP contribution in [0.5, 0.6) is 5.75 Å². The van der Waals surface area contributed by atoms with Crippen LogP contribution in [0.3, 0.4) is 0 Å². The first kappa shape index (κ1) is 15.5. The van der Waals surface area contributed by atoms with Gasteiger partial charge in [0.1, 0.15) is 5.75 Å². The van der Waals surface area contributed by atoms with Crippen molar-refractivity contribution < 1.29 is 13.5 Å². The third kappa shape index (κ3) is 3.59. The maximum absolute atomic E-state index is 12.3. The van der Waals surface area contributed by atoms with Crippen molar-refractivity contribution in [2.24, 2.45) is 0 Å². The summed E-state index contributed by atoms with van der Waals surface area (Å²) in [4.78, 5) is 0.0967. The molecule has 112 valence electrons. The second kappa shape index (κ2) is 6.24. The van der Waals surface area contributed by atoms with Crippen LogP contribution in [0.2, 0.25) is 0 Å². The molecule has 2 atom stereocenters. The van der Waals surface area contributed by atoms with Gasteiger partial charge in [-0.15, -0.1) is 0 Å². The summed E-state index contributed by atoms with van der Waals surface area (Å²) in [6, 6.07) is 3.93. The van der Waals surface area contributed by atoms with Gasteiger partial charge in [0.05, 0.1) is 10.6 Å². The van der Waals surface area contributed by atoms with Crippen molar-refractivity contribution in [1.82, 2.24) is 4.72 Å². The van der Waals surface area contributed by atoms with Crippen LogP contribution in [-0.4, -0.2) is 30.6 Å². The first-order chi connectivity index (χ1) is 9.42. The van der Waals surface area contributed by atoms with Gasteiger partial charge >= 0.3 is 0 Å². The molecule has 1 aliphatic rings. The van der Waals surface area contributed by atoms with Gasteiger partial charge in [-0.05, 0) is 43.2 Å². The zero-order valence-electron chi connectivity index (χ0n) is 11.4. The fraction of sp³-hybridized carbons (Fsp3) is 0.538. The largest absolute Gasteiger partial charge is 0.506 e. The molecule has 2 rings (SSSR count). The van der Waals surface area contributed by atoms with Gasteiger partial charge in [0.25, 0.3) is 0 Å². The van der Waals surface area contributed by atoms with Gasteiger partial charge in [0.2, 0.25) is 10.0 Å². The molecular weight excluding hydrogens is 296 g/mol. The summed E-state index contributed by atoms with van der Waals surface area (Å²) in [5.41, 5.74) is 5.61. The fourth-order valence-electron chi connectivity index (χ4n) is 2.42. The lowest BCUT2D eigenvalue weighted by Gasteiger charge is -2.14. The maximum atomic E-state index is 12.3. The Kier molecular flexibility index (Phi) is 4.82. The van der Waals surface area contributed by atoms with Gasteiger partial charge in [-0.1, -0.05) is 6.92 Å². The molecule has 0 heterocycles. The van der Waals surface area contributed by atoms with Gasteiger partial charge in [0, 0.05) is 11.3 Å². The summed E-state index contributed by atoms with van der Waals surface area (Å²) < 4.78 is 27.3. The Balaban J connectivity index is 2.06. The van der Waals surface area contributed by atoms with Crippen molar-refractivity contribution in [2.45, 2.75) is 42.4 Å². The van der Waals surface area contributed by atoms with Crippen LogP contribution >= 0.6 is 11.8 Å². The molecule has 2 unspecified atom stereocenters. The third-order valence-corrected chi connectivity index (χ3v) is 6.17.